The van der Waals surface area contributed by atoms with Gasteiger partial charge in [0.2, 0.25) is 0 Å². The molecular weight excluding hydrogens is 528 g/mol. The molecule has 0 bridgehead atoms. The molecule has 200 valence electrons. The van der Waals surface area contributed by atoms with Crippen LogP contribution in [0.15, 0.2) is 53.9 Å². The Balaban J connectivity index is 1.46. The molecular formula is C25H23ClN8O5. The fraction of sp³-hybridized carbons (Fsp3) is 0.160. The molecule has 2 aromatic heterocycles. The minimum absolute atomic E-state index is 0.0334. The number of aromatic amines is 1. The van der Waals surface area contributed by atoms with Crippen molar-refractivity contribution in [3.05, 3.63) is 97.8 Å². The fourth-order valence-electron chi connectivity index (χ4n) is 3.85. The standard InChI is InChI=1S/C25H23ClN8O5/c1-14-23(34(37)38)15(2)33(32-14)12-17-10-16(4-9-20(17)39-3)11-29-31-25(36)22-21(27-13-28-22)24(35)30-19-7-5-18(26)6-8-19/h4-11,13H,12H2,1-3H3,(H,27,28)(H,30,35)(H,31,36). The van der Waals surface area contributed by atoms with Crippen molar-refractivity contribution in [1.29, 1.82) is 0 Å². The van der Waals surface area contributed by atoms with Crippen LogP contribution in [0.25, 0.3) is 0 Å². The lowest BCUT2D eigenvalue weighted by molar-refractivity contribution is -0.386. The molecule has 13 nitrogen and oxygen atoms in total. The van der Waals surface area contributed by atoms with Crippen molar-refractivity contribution >= 4 is 41.0 Å². The van der Waals surface area contributed by atoms with Crippen molar-refractivity contribution < 1.29 is 19.2 Å². The maximum absolute atomic E-state index is 12.7. The molecule has 4 rings (SSSR count). The highest BCUT2D eigenvalue weighted by Gasteiger charge is 2.23. The number of halogens is 1. The van der Waals surface area contributed by atoms with Gasteiger partial charge in [-0.2, -0.15) is 10.2 Å². The van der Waals surface area contributed by atoms with E-state index in [0.29, 0.717) is 39.0 Å². The zero-order valence-corrected chi connectivity index (χ0v) is 21.8. The molecule has 2 aromatic carbocycles. The van der Waals surface area contributed by atoms with Crippen LogP contribution in [0.3, 0.4) is 0 Å². The third kappa shape index (κ3) is 6.10. The van der Waals surface area contributed by atoms with Gasteiger partial charge in [-0.3, -0.25) is 24.4 Å². The largest absolute Gasteiger partial charge is 0.496 e. The van der Waals surface area contributed by atoms with Crippen molar-refractivity contribution in [2.45, 2.75) is 20.4 Å². The molecule has 0 fully saturated rings. The van der Waals surface area contributed by atoms with Gasteiger partial charge in [-0.05, 0) is 61.9 Å². The maximum atomic E-state index is 12.7. The SMILES string of the molecule is COc1ccc(C=NNC(=O)c2nc[nH]c2C(=O)Nc2ccc(Cl)cc2)cc1Cn1nc(C)c([N+](=O)[O-])c1C. The molecule has 4 aromatic rings. The fourth-order valence-corrected chi connectivity index (χ4v) is 3.98. The predicted molar refractivity (Wildman–Crippen MR) is 144 cm³/mol. The van der Waals surface area contributed by atoms with Gasteiger partial charge in [0.05, 0.1) is 31.1 Å². The number of aromatic nitrogens is 4. The minimum atomic E-state index is -0.697. The van der Waals surface area contributed by atoms with Crippen LogP contribution in [0.2, 0.25) is 5.02 Å². The summed E-state index contributed by atoms with van der Waals surface area (Å²) in [5.41, 5.74) is 4.69. The quantitative estimate of drug-likeness (QED) is 0.161. The Kier molecular flexibility index (Phi) is 8.01. The molecule has 0 saturated heterocycles. The average molecular weight is 551 g/mol. The maximum Gasteiger partial charge on any atom is 0.312 e. The highest BCUT2D eigenvalue weighted by molar-refractivity contribution is 6.30. The summed E-state index contributed by atoms with van der Waals surface area (Å²) >= 11 is 5.86. The van der Waals surface area contributed by atoms with Gasteiger partial charge in [-0.1, -0.05) is 11.6 Å². The van der Waals surface area contributed by atoms with Crippen molar-refractivity contribution in [2.24, 2.45) is 5.10 Å². The summed E-state index contributed by atoms with van der Waals surface area (Å²) in [7, 11) is 1.51. The van der Waals surface area contributed by atoms with Gasteiger partial charge in [-0.25, -0.2) is 10.4 Å². The van der Waals surface area contributed by atoms with Crippen LogP contribution in [0.4, 0.5) is 11.4 Å². The number of ether oxygens (including phenoxy) is 1. The zero-order chi connectivity index (χ0) is 28.1. The number of rotatable bonds is 9. The first-order valence-electron chi connectivity index (χ1n) is 11.5. The molecule has 2 heterocycles. The first-order chi connectivity index (χ1) is 18.7. The Morgan fingerprint density at radius 3 is 2.62 bits per heavy atom. The number of carbonyl (C=O) groups is 2. The molecule has 0 aliphatic heterocycles. The number of carbonyl (C=O) groups excluding carboxylic acids is 2. The first kappa shape index (κ1) is 27.0. The van der Waals surface area contributed by atoms with Gasteiger partial charge in [0.1, 0.15) is 22.8 Å². The number of H-pyrrole nitrogens is 1. The van der Waals surface area contributed by atoms with Gasteiger partial charge in [0.15, 0.2) is 5.69 Å². The van der Waals surface area contributed by atoms with Gasteiger partial charge in [-0.15, -0.1) is 0 Å². The summed E-state index contributed by atoms with van der Waals surface area (Å²) in [6.07, 6.45) is 2.64. The number of methoxy groups -OCH3 is 1. The van der Waals surface area contributed by atoms with Crippen molar-refractivity contribution in [2.75, 3.05) is 12.4 Å². The molecule has 0 aliphatic carbocycles. The lowest BCUT2D eigenvalue weighted by Crippen LogP contribution is -2.23. The number of amides is 2. The number of hydrogen-bond acceptors (Lipinski definition) is 8. The van der Waals surface area contributed by atoms with Crippen LogP contribution in [0.5, 0.6) is 5.75 Å². The van der Waals surface area contributed by atoms with E-state index in [1.54, 1.807) is 56.3 Å². The number of imidazole rings is 1. The number of benzene rings is 2. The van der Waals surface area contributed by atoms with Crippen LogP contribution in [0, 0.1) is 24.0 Å². The van der Waals surface area contributed by atoms with E-state index in [4.69, 9.17) is 16.3 Å². The average Bonchev–Trinajstić information content (AvgIpc) is 3.50. The second-order valence-electron chi connectivity index (χ2n) is 8.29. The molecule has 3 N–H and O–H groups in total. The molecule has 0 saturated carbocycles. The number of nitrogens with zero attached hydrogens (tertiary/aromatic N) is 5. The summed E-state index contributed by atoms with van der Waals surface area (Å²) in [6.45, 7) is 3.43. The van der Waals surface area contributed by atoms with Gasteiger partial charge in [0.25, 0.3) is 11.8 Å². The number of nitrogens with one attached hydrogen (secondary N) is 3. The smallest absolute Gasteiger partial charge is 0.312 e. The van der Waals surface area contributed by atoms with E-state index in [2.05, 4.69) is 30.9 Å². The van der Waals surface area contributed by atoms with Crippen LogP contribution < -0.4 is 15.5 Å². The highest BCUT2D eigenvalue weighted by atomic mass is 35.5. The van der Waals surface area contributed by atoms with Crippen LogP contribution in [0.1, 0.15) is 43.5 Å². The second kappa shape index (κ2) is 11.6. The molecule has 0 radical (unpaired) electrons. The van der Waals surface area contributed by atoms with Crippen molar-refractivity contribution in [1.82, 2.24) is 25.2 Å². The number of hydrazone groups is 1. The number of anilines is 1. The van der Waals surface area contributed by atoms with E-state index < -0.39 is 16.7 Å². The Morgan fingerprint density at radius 1 is 1.21 bits per heavy atom. The Morgan fingerprint density at radius 2 is 1.95 bits per heavy atom. The molecule has 0 atom stereocenters. The van der Waals surface area contributed by atoms with Crippen molar-refractivity contribution in [3.8, 4) is 5.75 Å². The van der Waals surface area contributed by atoms with E-state index in [1.807, 2.05) is 0 Å². The van der Waals surface area contributed by atoms with Gasteiger partial charge in [0, 0.05) is 16.3 Å². The van der Waals surface area contributed by atoms with E-state index >= 15 is 0 Å². The van der Waals surface area contributed by atoms with Gasteiger partial charge < -0.3 is 15.0 Å². The number of hydrogen-bond donors (Lipinski definition) is 3. The Labute approximate surface area is 227 Å². The Hall–Kier alpha value is -5.04. The summed E-state index contributed by atoms with van der Waals surface area (Å²) in [5.74, 6) is -0.704. The van der Waals surface area contributed by atoms with Crippen LogP contribution >= 0.6 is 11.6 Å². The van der Waals surface area contributed by atoms with E-state index in [9.17, 15) is 19.7 Å². The highest BCUT2D eigenvalue weighted by Crippen LogP contribution is 2.26. The lowest BCUT2D eigenvalue weighted by atomic mass is 10.1. The van der Waals surface area contributed by atoms with Gasteiger partial charge >= 0.3 is 5.69 Å². The van der Waals surface area contributed by atoms with Crippen molar-refractivity contribution in [3.63, 3.8) is 0 Å². The summed E-state index contributed by atoms with van der Waals surface area (Å²) in [4.78, 5) is 42.8. The minimum Gasteiger partial charge on any atom is -0.496 e. The first-order valence-corrected chi connectivity index (χ1v) is 11.8. The number of nitro groups is 1. The molecule has 0 unspecified atom stereocenters. The van der Waals surface area contributed by atoms with Crippen LogP contribution in [-0.2, 0) is 6.54 Å². The molecule has 2 amide bonds. The molecule has 14 heteroatoms. The third-order valence-corrected chi connectivity index (χ3v) is 5.97. The normalized spacial score (nSPS) is 11.0. The topological polar surface area (TPSA) is 169 Å². The monoisotopic (exact) mass is 550 g/mol. The molecule has 0 aliphatic rings. The zero-order valence-electron chi connectivity index (χ0n) is 21.1. The third-order valence-electron chi connectivity index (χ3n) is 5.71. The predicted octanol–water partition coefficient (Wildman–Crippen LogP) is 3.86. The Bertz CT molecular complexity index is 1580. The number of aryl methyl sites for hydroxylation is 1. The second-order valence-corrected chi connectivity index (χ2v) is 8.73. The lowest BCUT2D eigenvalue weighted by Gasteiger charge is -2.10. The molecule has 39 heavy (non-hydrogen) atoms. The summed E-state index contributed by atoms with van der Waals surface area (Å²) in [6, 6.07) is 11.7. The summed E-state index contributed by atoms with van der Waals surface area (Å²) < 4.78 is 6.96. The molecule has 0 spiro atoms. The van der Waals surface area contributed by atoms with E-state index in [1.165, 1.54) is 24.3 Å². The van der Waals surface area contributed by atoms with Crippen LogP contribution in [-0.4, -0.2) is 49.8 Å². The van der Waals surface area contributed by atoms with E-state index in [-0.39, 0.29) is 23.6 Å². The van der Waals surface area contributed by atoms with E-state index in [0.717, 1.165) is 0 Å². The summed E-state index contributed by atoms with van der Waals surface area (Å²) in [5, 5.41) is 22.8.